The lowest BCUT2D eigenvalue weighted by atomic mass is 10.1. The van der Waals surface area contributed by atoms with Gasteiger partial charge in [-0.15, -0.1) is 0 Å². The van der Waals surface area contributed by atoms with E-state index in [1.165, 1.54) is 12.8 Å². The van der Waals surface area contributed by atoms with E-state index < -0.39 is 5.97 Å². The normalized spacial score (nSPS) is 20.5. The maximum Gasteiger partial charge on any atom is 0.354 e. The molecule has 0 atom stereocenters. The van der Waals surface area contributed by atoms with Crippen LogP contribution < -0.4 is 0 Å². The molecule has 1 N–H and O–H groups in total. The molecular weight excluding hydrogens is 220 g/mol. The van der Waals surface area contributed by atoms with Crippen LogP contribution in [-0.4, -0.2) is 27.5 Å². The molecule has 0 unspecified atom stereocenters. The van der Waals surface area contributed by atoms with Gasteiger partial charge >= 0.3 is 5.97 Å². The minimum Gasteiger partial charge on any atom is -0.477 e. The Morgan fingerprint density at radius 3 is 2.88 bits per heavy atom. The predicted molar refractivity (Wildman–Crippen MR) is 60.1 cm³/mol. The van der Waals surface area contributed by atoms with Crippen LogP contribution in [0, 0.1) is 0 Å². The fourth-order valence-corrected chi connectivity index (χ4v) is 2.85. The summed E-state index contributed by atoms with van der Waals surface area (Å²) in [6.07, 6.45) is 5.16. The van der Waals surface area contributed by atoms with Crippen LogP contribution in [0.5, 0.6) is 0 Å². The number of fused-ring (bicyclic) bond motifs is 1. The number of ether oxygens (including phenoxy) is 1. The average Bonchev–Trinajstić information content (AvgIpc) is 2.95. The molecule has 3 rings (SSSR count). The summed E-state index contributed by atoms with van der Waals surface area (Å²) in [6.45, 7) is 1.04. The highest BCUT2D eigenvalue weighted by atomic mass is 16.5. The van der Waals surface area contributed by atoms with E-state index in [0.717, 1.165) is 30.5 Å². The predicted octanol–water partition coefficient (Wildman–Crippen LogP) is 1.77. The van der Waals surface area contributed by atoms with Crippen molar-refractivity contribution in [1.82, 2.24) is 9.78 Å². The maximum atomic E-state index is 11.4. The lowest BCUT2D eigenvalue weighted by Crippen LogP contribution is -2.16. The molecule has 0 amide bonds. The van der Waals surface area contributed by atoms with Crippen molar-refractivity contribution < 1.29 is 14.6 Å². The smallest absolute Gasteiger partial charge is 0.354 e. The van der Waals surface area contributed by atoms with Gasteiger partial charge in [-0.2, -0.15) is 5.10 Å². The van der Waals surface area contributed by atoms with Gasteiger partial charge in [0.25, 0.3) is 0 Å². The first-order valence-electron chi connectivity index (χ1n) is 6.18. The molecule has 0 saturated heterocycles. The van der Waals surface area contributed by atoms with E-state index in [-0.39, 0.29) is 6.04 Å². The molecule has 1 aliphatic heterocycles. The number of carboxylic acids is 1. The summed E-state index contributed by atoms with van der Waals surface area (Å²) in [5, 5.41) is 13.9. The van der Waals surface area contributed by atoms with Crippen LogP contribution >= 0.6 is 0 Å². The monoisotopic (exact) mass is 236 g/mol. The number of rotatable bonds is 2. The molecule has 5 nitrogen and oxygen atoms in total. The third kappa shape index (κ3) is 1.74. The van der Waals surface area contributed by atoms with Crippen molar-refractivity contribution in [2.45, 2.75) is 44.8 Å². The number of aromatic carboxylic acids is 1. The molecule has 1 aliphatic carbocycles. The second-order valence-corrected chi connectivity index (χ2v) is 4.76. The summed E-state index contributed by atoms with van der Waals surface area (Å²) in [7, 11) is 0. The van der Waals surface area contributed by atoms with Crippen molar-refractivity contribution in [1.29, 1.82) is 0 Å². The third-order valence-corrected chi connectivity index (χ3v) is 3.69. The van der Waals surface area contributed by atoms with Crippen molar-refractivity contribution in [3.05, 3.63) is 17.0 Å². The summed E-state index contributed by atoms with van der Waals surface area (Å²) < 4.78 is 7.09. The Balaban J connectivity index is 2.06. The lowest BCUT2D eigenvalue weighted by molar-refractivity contribution is 0.0667. The van der Waals surface area contributed by atoms with E-state index in [2.05, 4.69) is 5.10 Å². The van der Waals surface area contributed by atoms with E-state index in [0.29, 0.717) is 18.9 Å². The van der Waals surface area contributed by atoms with Gasteiger partial charge < -0.3 is 9.84 Å². The van der Waals surface area contributed by atoms with Gasteiger partial charge in [-0.25, -0.2) is 4.79 Å². The van der Waals surface area contributed by atoms with Gasteiger partial charge in [0.15, 0.2) is 5.69 Å². The molecule has 1 aromatic rings. The zero-order valence-corrected chi connectivity index (χ0v) is 9.69. The fourth-order valence-electron chi connectivity index (χ4n) is 2.85. The molecule has 0 spiro atoms. The second kappa shape index (κ2) is 4.14. The first kappa shape index (κ1) is 10.8. The molecule has 92 valence electrons. The highest BCUT2D eigenvalue weighted by Gasteiger charge is 2.29. The van der Waals surface area contributed by atoms with Crippen LogP contribution in [0.25, 0.3) is 0 Å². The highest BCUT2D eigenvalue weighted by Crippen LogP contribution is 2.32. The average molecular weight is 236 g/mol. The number of carbonyl (C=O) groups is 1. The summed E-state index contributed by atoms with van der Waals surface area (Å²) in [5.74, 6) is -0.879. The Morgan fingerprint density at radius 2 is 2.18 bits per heavy atom. The Labute approximate surface area is 99.4 Å². The zero-order valence-electron chi connectivity index (χ0n) is 9.69. The van der Waals surface area contributed by atoms with Crippen LogP contribution in [0.2, 0.25) is 0 Å². The topological polar surface area (TPSA) is 64.3 Å². The van der Waals surface area contributed by atoms with Crippen molar-refractivity contribution in [2.75, 3.05) is 6.61 Å². The Hall–Kier alpha value is -1.36. The Bertz CT molecular complexity index is 447. The standard InChI is InChI=1S/C12H16N2O3/c15-12(16)11-9-7-17-6-5-10(9)13-14(11)8-3-1-2-4-8/h8H,1-7H2,(H,15,16). The summed E-state index contributed by atoms with van der Waals surface area (Å²) in [6, 6.07) is 0.270. The number of aromatic nitrogens is 2. The molecule has 17 heavy (non-hydrogen) atoms. The number of carboxylic acid groups (broad SMARTS) is 1. The van der Waals surface area contributed by atoms with Gasteiger partial charge in [0.05, 0.1) is 24.9 Å². The molecule has 2 aliphatic rings. The lowest BCUT2D eigenvalue weighted by Gasteiger charge is -2.12. The second-order valence-electron chi connectivity index (χ2n) is 4.76. The van der Waals surface area contributed by atoms with Crippen molar-refractivity contribution >= 4 is 5.97 Å². The summed E-state index contributed by atoms with van der Waals surface area (Å²) >= 11 is 0. The zero-order chi connectivity index (χ0) is 11.8. The Kier molecular flexibility index (Phi) is 2.63. The molecule has 0 bridgehead atoms. The van der Waals surface area contributed by atoms with Gasteiger partial charge in [0.1, 0.15) is 0 Å². The maximum absolute atomic E-state index is 11.4. The minimum absolute atomic E-state index is 0.270. The van der Waals surface area contributed by atoms with Crippen LogP contribution in [0.1, 0.15) is 53.5 Å². The summed E-state index contributed by atoms with van der Waals surface area (Å²) in [5.41, 5.74) is 2.06. The molecule has 0 aromatic carbocycles. The number of hydrogen-bond acceptors (Lipinski definition) is 3. The molecule has 1 fully saturated rings. The van der Waals surface area contributed by atoms with Gasteiger partial charge in [-0.3, -0.25) is 4.68 Å². The quantitative estimate of drug-likeness (QED) is 0.850. The van der Waals surface area contributed by atoms with E-state index in [1.54, 1.807) is 4.68 Å². The van der Waals surface area contributed by atoms with Crippen LogP contribution in [0.3, 0.4) is 0 Å². The van der Waals surface area contributed by atoms with Crippen LogP contribution in [0.15, 0.2) is 0 Å². The van der Waals surface area contributed by atoms with Gasteiger partial charge in [0, 0.05) is 12.0 Å². The van der Waals surface area contributed by atoms with E-state index in [4.69, 9.17) is 4.74 Å². The first-order valence-corrected chi connectivity index (χ1v) is 6.18. The van der Waals surface area contributed by atoms with Crippen LogP contribution in [0.4, 0.5) is 0 Å². The minimum atomic E-state index is -0.879. The van der Waals surface area contributed by atoms with Gasteiger partial charge in [0.2, 0.25) is 0 Å². The first-order chi connectivity index (χ1) is 8.27. The molecule has 1 saturated carbocycles. The molecule has 2 heterocycles. The molecular formula is C12H16N2O3. The molecule has 1 aromatic heterocycles. The third-order valence-electron chi connectivity index (χ3n) is 3.69. The van der Waals surface area contributed by atoms with E-state index in [1.807, 2.05) is 0 Å². The van der Waals surface area contributed by atoms with Crippen molar-refractivity contribution in [3.63, 3.8) is 0 Å². The molecule has 0 radical (unpaired) electrons. The van der Waals surface area contributed by atoms with Gasteiger partial charge in [-0.1, -0.05) is 12.8 Å². The van der Waals surface area contributed by atoms with Crippen LogP contribution in [-0.2, 0) is 17.8 Å². The van der Waals surface area contributed by atoms with E-state index in [9.17, 15) is 9.90 Å². The van der Waals surface area contributed by atoms with Gasteiger partial charge in [-0.05, 0) is 12.8 Å². The Morgan fingerprint density at radius 1 is 1.41 bits per heavy atom. The highest BCUT2D eigenvalue weighted by molar-refractivity contribution is 5.87. The number of nitrogens with zero attached hydrogens (tertiary/aromatic N) is 2. The largest absolute Gasteiger partial charge is 0.477 e. The fraction of sp³-hybridized carbons (Fsp3) is 0.667. The number of hydrogen-bond donors (Lipinski definition) is 1. The van der Waals surface area contributed by atoms with Crippen molar-refractivity contribution in [2.24, 2.45) is 0 Å². The van der Waals surface area contributed by atoms with E-state index >= 15 is 0 Å². The summed E-state index contributed by atoms with van der Waals surface area (Å²) in [4.78, 5) is 11.4. The SMILES string of the molecule is O=C(O)c1c2c(nn1C1CCCC1)CCOC2. The van der Waals surface area contributed by atoms with Crippen molar-refractivity contribution in [3.8, 4) is 0 Å². The molecule has 5 heteroatoms.